The molecule has 0 aliphatic carbocycles. The third-order valence-electron chi connectivity index (χ3n) is 3.88. The fourth-order valence-electron chi connectivity index (χ4n) is 2.49. The number of halogens is 1. The summed E-state index contributed by atoms with van der Waals surface area (Å²) in [7, 11) is 0. The molecule has 0 aliphatic heterocycles. The predicted molar refractivity (Wildman–Crippen MR) is 100 cm³/mol. The second-order valence-electron chi connectivity index (χ2n) is 5.69. The van der Waals surface area contributed by atoms with Crippen LogP contribution in [0.2, 0.25) is 5.02 Å². The molecule has 3 nitrogen and oxygen atoms in total. The smallest absolute Gasteiger partial charge is 0.255 e. The highest BCUT2D eigenvalue weighted by atomic mass is 35.5. The van der Waals surface area contributed by atoms with Gasteiger partial charge in [-0.3, -0.25) is 9.59 Å². The minimum Gasteiger partial charge on any atom is -0.322 e. The first-order chi connectivity index (χ1) is 12.0. The van der Waals surface area contributed by atoms with Crippen LogP contribution < -0.4 is 5.32 Å². The van der Waals surface area contributed by atoms with Crippen LogP contribution in [0.4, 0.5) is 5.69 Å². The largest absolute Gasteiger partial charge is 0.322 e. The van der Waals surface area contributed by atoms with Crippen LogP contribution in [-0.4, -0.2) is 11.7 Å². The zero-order valence-corrected chi connectivity index (χ0v) is 14.4. The molecule has 0 radical (unpaired) electrons. The van der Waals surface area contributed by atoms with E-state index in [2.05, 4.69) is 5.32 Å². The molecule has 0 aromatic heterocycles. The molecule has 1 N–H and O–H groups in total. The van der Waals surface area contributed by atoms with Gasteiger partial charge in [0, 0.05) is 27.4 Å². The van der Waals surface area contributed by atoms with E-state index in [1.165, 1.54) is 0 Å². The fourth-order valence-corrected chi connectivity index (χ4v) is 2.72. The van der Waals surface area contributed by atoms with Crippen LogP contribution in [0.3, 0.4) is 0 Å². The normalized spacial score (nSPS) is 10.3. The highest BCUT2D eigenvalue weighted by Crippen LogP contribution is 2.20. The van der Waals surface area contributed by atoms with Gasteiger partial charge in [0.2, 0.25) is 0 Å². The Hall–Kier alpha value is -2.91. The number of hydrogen-bond acceptors (Lipinski definition) is 2. The molecule has 25 heavy (non-hydrogen) atoms. The van der Waals surface area contributed by atoms with Gasteiger partial charge in [-0.25, -0.2) is 0 Å². The average Bonchev–Trinajstić information content (AvgIpc) is 2.64. The second kappa shape index (κ2) is 7.32. The van der Waals surface area contributed by atoms with Crippen LogP contribution in [0.5, 0.6) is 0 Å². The van der Waals surface area contributed by atoms with Crippen molar-refractivity contribution in [2.45, 2.75) is 6.92 Å². The lowest BCUT2D eigenvalue weighted by atomic mass is 10.0. The van der Waals surface area contributed by atoms with E-state index < -0.39 is 0 Å². The lowest BCUT2D eigenvalue weighted by Crippen LogP contribution is -2.13. The number of nitrogens with one attached hydrogen (secondary N) is 1. The molecule has 0 unspecified atom stereocenters. The van der Waals surface area contributed by atoms with Crippen LogP contribution >= 0.6 is 11.6 Å². The fraction of sp³-hybridized carbons (Fsp3) is 0.0476. The first kappa shape index (κ1) is 16.9. The van der Waals surface area contributed by atoms with Gasteiger partial charge in [-0.05, 0) is 42.8 Å². The third kappa shape index (κ3) is 3.95. The van der Waals surface area contributed by atoms with Gasteiger partial charge in [0.15, 0.2) is 5.78 Å². The molecule has 0 saturated carbocycles. The van der Waals surface area contributed by atoms with Crippen molar-refractivity contribution in [1.29, 1.82) is 0 Å². The Kier molecular flexibility index (Phi) is 4.96. The maximum atomic E-state index is 12.4. The molecule has 1 amide bonds. The van der Waals surface area contributed by atoms with E-state index >= 15 is 0 Å². The van der Waals surface area contributed by atoms with E-state index in [-0.39, 0.29) is 11.7 Å². The van der Waals surface area contributed by atoms with Crippen LogP contribution in [0.1, 0.15) is 31.8 Å². The van der Waals surface area contributed by atoms with E-state index in [4.69, 9.17) is 11.6 Å². The lowest BCUT2D eigenvalue weighted by Gasteiger charge is -2.09. The van der Waals surface area contributed by atoms with E-state index in [1.807, 2.05) is 25.1 Å². The van der Waals surface area contributed by atoms with Gasteiger partial charge in [-0.2, -0.15) is 0 Å². The molecule has 4 heteroatoms. The summed E-state index contributed by atoms with van der Waals surface area (Å²) in [6.45, 7) is 1.88. The average molecular weight is 350 g/mol. The monoisotopic (exact) mass is 349 g/mol. The van der Waals surface area contributed by atoms with Crippen LogP contribution in [-0.2, 0) is 0 Å². The van der Waals surface area contributed by atoms with E-state index in [0.717, 1.165) is 5.56 Å². The Bertz CT molecular complexity index is 918. The van der Waals surface area contributed by atoms with E-state index in [0.29, 0.717) is 27.4 Å². The number of hydrogen-bond donors (Lipinski definition) is 1. The van der Waals surface area contributed by atoms with Gasteiger partial charge < -0.3 is 5.32 Å². The Morgan fingerprint density at radius 2 is 1.40 bits per heavy atom. The molecule has 0 heterocycles. The van der Waals surface area contributed by atoms with E-state index in [9.17, 15) is 9.59 Å². The molecule has 0 fully saturated rings. The summed E-state index contributed by atoms with van der Waals surface area (Å²) in [5.74, 6) is -0.301. The molecule has 3 aromatic carbocycles. The van der Waals surface area contributed by atoms with Crippen molar-refractivity contribution in [3.8, 4) is 0 Å². The highest BCUT2D eigenvalue weighted by Gasteiger charge is 2.11. The maximum absolute atomic E-state index is 12.4. The topological polar surface area (TPSA) is 46.2 Å². The Morgan fingerprint density at radius 1 is 0.800 bits per heavy atom. The SMILES string of the molecule is Cc1cc(Cl)ccc1NC(=O)c1ccc(C(=O)c2ccccc2)cc1. The number of amides is 1. The van der Waals surface area contributed by atoms with Gasteiger partial charge in [-0.1, -0.05) is 54.1 Å². The molecule has 124 valence electrons. The zero-order valence-electron chi connectivity index (χ0n) is 13.6. The molecule has 0 spiro atoms. The molecule has 0 aliphatic rings. The van der Waals surface area contributed by atoms with Crippen LogP contribution in [0.25, 0.3) is 0 Å². The molecular formula is C21H16ClNO2. The second-order valence-corrected chi connectivity index (χ2v) is 6.12. The summed E-state index contributed by atoms with van der Waals surface area (Å²) in [6, 6.07) is 21.0. The molecule has 3 aromatic rings. The molecule has 3 rings (SSSR count). The number of carbonyl (C=O) groups excluding carboxylic acids is 2. The summed E-state index contributed by atoms with van der Waals surface area (Å²) >= 11 is 5.92. The standard InChI is InChI=1S/C21H16ClNO2/c1-14-13-18(22)11-12-19(14)23-21(25)17-9-7-16(8-10-17)20(24)15-5-3-2-4-6-15/h2-13H,1H3,(H,23,25). The summed E-state index contributed by atoms with van der Waals surface area (Å²) in [6.07, 6.45) is 0. The third-order valence-corrected chi connectivity index (χ3v) is 4.12. The van der Waals surface area contributed by atoms with Gasteiger partial charge in [0.25, 0.3) is 5.91 Å². The summed E-state index contributed by atoms with van der Waals surface area (Å²) in [5.41, 5.74) is 3.25. The predicted octanol–water partition coefficient (Wildman–Crippen LogP) is 5.13. The minimum absolute atomic E-state index is 0.0684. The van der Waals surface area contributed by atoms with Gasteiger partial charge >= 0.3 is 0 Å². The Balaban J connectivity index is 1.75. The van der Waals surface area contributed by atoms with Crippen molar-refractivity contribution in [3.63, 3.8) is 0 Å². The van der Waals surface area contributed by atoms with E-state index in [1.54, 1.807) is 54.6 Å². The van der Waals surface area contributed by atoms with Crippen LogP contribution in [0, 0.1) is 6.92 Å². The molecule has 0 saturated heterocycles. The summed E-state index contributed by atoms with van der Waals surface area (Å²) < 4.78 is 0. The number of carbonyl (C=O) groups is 2. The summed E-state index contributed by atoms with van der Waals surface area (Å²) in [5, 5.41) is 3.48. The highest BCUT2D eigenvalue weighted by molar-refractivity contribution is 6.30. The minimum atomic E-state index is -0.232. The van der Waals surface area contributed by atoms with Crippen molar-refractivity contribution >= 4 is 29.0 Å². The van der Waals surface area contributed by atoms with Gasteiger partial charge in [-0.15, -0.1) is 0 Å². The number of benzene rings is 3. The Morgan fingerprint density at radius 3 is 2.04 bits per heavy atom. The first-order valence-corrected chi connectivity index (χ1v) is 8.20. The van der Waals surface area contributed by atoms with Crippen molar-refractivity contribution in [1.82, 2.24) is 0 Å². The molecule has 0 atom stereocenters. The number of rotatable bonds is 4. The van der Waals surface area contributed by atoms with Crippen molar-refractivity contribution in [2.24, 2.45) is 0 Å². The van der Waals surface area contributed by atoms with Crippen molar-refractivity contribution < 1.29 is 9.59 Å². The van der Waals surface area contributed by atoms with Gasteiger partial charge in [0.05, 0.1) is 0 Å². The molecular weight excluding hydrogens is 334 g/mol. The van der Waals surface area contributed by atoms with Crippen molar-refractivity contribution in [3.05, 3.63) is 100 Å². The quantitative estimate of drug-likeness (QED) is 0.663. The number of aryl methyl sites for hydroxylation is 1. The molecule has 0 bridgehead atoms. The first-order valence-electron chi connectivity index (χ1n) is 7.82. The maximum Gasteiger partial charge on any atom is 0.255 e. The van der Waals surface area contributed by atoms with Gasteiger partial charge in [0.1, 0.15) is 0 Å². The number of ketones is 1. The summed E-state index contributed by atoms with van der Waals surface area (Å²) in [4.78, 5) is 24.8. The van der Waals surface area contributed by atoms with Crippen LogP contribution in [0.15, 0.2) is 72.8 Å². The number of anilines is 1. The Labute approximate surface area is 151 Å². The lowest BCUT2D eigenvalue weighted by molar-refractivity contribution is 0.102. The zero-order chi connectivity index (χ0) is 17.8. The van der Waals surface area contributed by atoms with Crippen molar-refractivity contribution in [2.75, 3.05) is 5.32 Å².